The number of thioether (sulfide) groups is 1. The van der Waals surface area contributed by atoms with Gasteiger partial charge in [0.25, 0.3) is 0 Å². The number of rotatable bonds is 5. The molecular weight excluding hydrogens is 366 g/mol. The molecule has 1 N–H and O–H groups in total. The largest absolute Gasteiger partial charge is 0.318 e. The number of thiazole rings is 1. The van der Waals surface area contributed by atoms with Crippen LogP contribution in [0.3, 0.4) is 0 Å². The van der Waals surface area contributed by atoms with E-state index in [2.05, 4.69) is 48.4 Å². The van der Waals surface area contributed by atoms with E-state index in [1.54, 1.807) is 16.7 Å². The maximum absolute atomic E-state index is 12.6. The molecule has 1 aromatic carbocycles. The third-order valence-corrected chi connectivity index (χ3v) is 6.73. The highest BCUT2D eigenvalue weighted by Gasteiger charge is 2.43. The molecule has 1 aliphatic rings. The summed E-state index contributed by atoms with van der Waals surface area (Å²) in [5.41, 5.74) is 3.15. The molecule has 2 aromatic rings. The number of amides is 2. The first kappa shape index (κ1) is 18.9. The lowest BCUT2D eigenvalue weighted by Crippen LogP contribution is -2.47. The van der Waals surface area contributed by atoms with Crippen LogP contribution in [-0.2, 0) is 9.59 Å². The molecule has 3 rings (SSSR count). The number of nitrogens with one attached hydrogen (secondary N) is 1. The zero-order valence-corrected chi connectivity index (χ0v) is 17.0. The van der Waals surface area contributed by atoms with Crippen molar-refractivity contribution in [3.8, 4) is 11.3 Å². The van der Waals surface area contributed by atoms with Crippen LogP contribution in [0.2, 0.25) is 0 Å². The predicted octanol–water partition coefficient (Wildman–Crippen LogP) is 4.18. The second kappa shape index (κ2) is 7.40. The third kappa shape index (κ3) is 3.78. The standard InChI is InChI=1S/C19H23N3O2S2/c1-12(2)13-5-7-14(8-6-13)15-9-25-18(20-15)21-17(24)16-10-26-19(3,4)22(16)11-23/h5-9,11-12,16H,10H2,1-4H3,(H,20,21,24). The van der Waals surface area contributed by atoms with Crippen LogP contribution in [-0.4, -0.2) is 38.9 Å². The van der Waals surface area contributed by atoms with Crippen LogP contribution >= 0.6 is 23.1 Å². The Labute approximate surface area is 162 Å². The Kier molecular flexibility index (Phi) is 5.39. The van der Waals surface area contributed by atoms with Crippen molar-refractivity contribution in [3.05, 3.63) is 35.2 Å². The summed E-state index contributed by atoms with van der Waals surface area (Å²) in [5, 5.41) is 5.35. The Bertz CT molecular complexity index is 799. The van der Waals surface area contributed by atoms with Crippen molar-refractivity contribution in [1.29, 1.82) is 0 Å². The van der Waals surface area contributed by atoms with Crippen LogP contribution in [0.5, 0.6) is 0 Å². The van der Waals surface area contributed by atoms with E-state index in [9.17, 15) is 9.59 Å². The van der Waals surface area contributed by atoms with Gasteiger partial charge in [-0.1, -0.05) is 38.1 Å². The lowest BCUT2D eigenvalue weighted by Gasteiger charge is -2.29. The molecule has 0 aliphatic carbocycles. The van der Waals surface area contributed by atoms with Crippen LogP contribution in [0.25, 0.3) is 11.3 Å². The second-order valence-electron chi connectivity index (χ2n) is 7.09. The lowest BCUT2D eigenvalue weighted by atomic mass is 10.0. The van der Waals surface area contributed by atoms with Gasteiger partial charge >= 0.3 is 0 Å². The fraction of sp³-hybridized carbons (Fsp3) is 0.421. The maximum atomic E-state index is 12.6. The van der Waals surface area contributed by atoms with Crippen molar-refractivity contribution in [2.45, 2.75) is 44.5 Å². The highest BCUT2D eigenvalue weighted by Crippen LogP contribution is 2.38. The summed E-state index contributed by atoms with van der Waals surface area (Å²) >= 11 is 3.00. The second-order valence-corrected chi connectivity index (χ2v) is 9.57. The van der Waals surface area contributed by atoms with Gasteiger partial charge in [0.1, 0.15) is 6.04 Å². The van der Waals surface area contributed by atoms with E-state index in [1.165, 1.54) is 16.9 Å². The fourth-order valence-electron chi connectivity index (χ4n) is 2.91. The van der Waals surface area contributed by atoms with Crippen LogP contribution in [0.4, 0.5) is 5.13 Å². The summed E-state index contributed by atoms with van der Waals surface area (Å²) in [6, 6.07) is 7.86. The van der Waals surface area contributed by atoms with Crippen molar-refractivity contribution < 1.29 is 9.59 Å². The Balaban J connectivity index is 1.70. The van der Waals surface area contributed by atoms with Crippen molar-refractivity contribution in [2.24, 2.45) is 0 Å². The van der Waals surface area contributed by atoms with Crippen molar-refractivity contribution in [1.82, 2.24) is 9.88 Å². The summed E-state index contributed by atoms with van der Waals surface area (Å²) in [5.74, 6) is 0.891. The molecule has 0 bridgehead atoms. The molecule has 1 atom stereocenters. The first-order valence-corrected chi connectivity index (χ1v) is 10.4. The predicted molar refractivity (Wildman–Crippen MR) is 108 cm³/mol. The molecule has 0 saturated carbocycles. The Morgan fingerprint density at radius 3 is 2.65 bits per heavy atom. The zero-order chi connectivity index (χ0) is 18.9. The van der Waals surface area contributed by atoms with Gasteiger partial charge in [0.05, 0.1) is 10.6 Å². The average Bonchev–Trinajstić information content (AvgIpc) is 3.18. The number of benzene rings is 1. The number of hydrogen-bond donors (Lipinski definition) is 1. The van der Waals surface area contributed by atoms with Crippen LogP contribution in [0.1, 0.15) is 39.2 Å². The molecule has 5 nitrogen and oxygen atoms in total. The van der Waals surface area contributed by atoms with Gasteiger partial charge in [-0.2, -0.15) is 0 Å². The Hall–Kier alpha value is -1.86. The minimum Gasteiger partial charge on any atom is -0.318 e. The molecule has 2 amide bonds. The molecule has 1 aliphatic heterocycles. The van der Waals surface area contributed by atoms with Crippen molar-refractivity contribution in [3.63, 3.8) is 0 Å². The van der Waals surface area contributed by atoms with Gasteiger partial charge in [0.2, 0.25) is 12.3 Å². The number of hydrogen-bond acceptors (Lipinski definition) is 5. The summed E-state index contributed by atoms with van der Waals surface area (Å²) in [6.45, 7) is 8.22. The van der Waals surface area contributed by atoms with Gasteiger partial charge in [-0.15, -0.1) is 23.1 Å². The molecule has 1 saturated heterocycles. The first-order chi connectivity index (χ1) is 12.3. The van der Waals surface area contributed by atoms with E-state index in [4.69, 9.17) is 0 Å². The first-order valence-electron chi connectivity index (χ1n) is 8.56. The highest BCUT2D eigenvalue weighted by molar-refractivity contribution is 8.00. The fourth-order valence-corrected chi connectivity index (χ4v) is 4.83. The summed E-state index contributed by atoms with van der Waals surface area (Å²) < 4.78 is 0. The zero-order valence-electron chi connectivity index (χ0n) is 15.4. The molecule has 138 valence electrons. The Morgan fingerprint density at radius 1 is 1.35 bits per heavy atom. The molecule has 2 heterocycles. The molecular formula is C19H23N3O2S2. The normalized spacial score (nSPS) is 19.0. The van der Waals surface area contributed by atoms with Gasteiger partial charge in [-0.3, -0.25) is 9.59 Å². The molecule has 0 radical (unpaired) electrons. The van der Waals surface area contributed by atoms with E-state index >= 15 is 0 Å². The Morgan fingerprint density at radius 2 is 2.04 bits per heavy atom. The van der Waals surface area contributed by atoms with Gasteiger partial charge in [-0.25, -0.2) is 4.98 Å². The monoisotopic (exact) mass is 389 g/mol. The number of carbonyl (C=O) groups excluding carboxylic acids is 2. The molecule has 7 heteroatoms. The molecule has 26 heavy (non-hydrogen) atoms. The minimum atomic E-state index is -0.467. The third-order valence-electron chi connectivity index (χ3n) is 4.58. The number of nitrogens with zero attached hydrogens (tertiary/aromatic N) is 2. The molecule has 1 fully saturated rings. The van der Waals surface area contributed by atoms with Gasteiger partial charge in [0.15, 0.2) is 5.13 Å². The minimum absolute atomic E-state index is 0.189. The topological polar surface area (TPSA) is 62.3 Å². The molecule has 1 unspecified atom stereocenters. The summed E-state index contributed by atoms with van der Waals surface area (Å²) in [7, 11) is 0. The smallest absolute Gasteiger partial charge is 0.249 e. The van der Waals surface area contributed by atoms with Gasteiger partial charge in [-0.05, 0) is 25.3 Å². The van der Waals surface area contributed by atoms with E-state index < -0.39 is 6.04 Å². The van der Waals surface area contributed by atoms with E-state index in [1.807, 2.05) is 19.2 Å². The quantitative estimate of drug-likeness (QED) is 0.779. The number of anilines is 1. The van der Waals surface area contributed by atoms with Gasteiger partial charge < -0.3 is 10.2 Å². The lowest BCUT2D eigenvalue weighted by molar-refractivity contribution is -0.130. The molecule has 0 spiro atoms. The van der Waals surface area contributed by atoms with Crippen LogP contribution in [0, 0.1) is 0 Å². The SMILES string of the molecule is CC(C)c1ccc(-c2csc(NC(=O)C3CSC(C)(C)N3C=O)n2)cc1. The summed E-state index contributed by atoms with van der Waals surface area (Å²) in [6.07, 6.45) is 0.758. The van der Waals surface area contributed by atoms with Crippen LogP contribution in [0.15, 0.2) is 29.6 Å². The van der Waals surface area contributed by atoms with Gasteiger partial charge in [0, 0.05) is 16.7 Å². The van der Waals surface area contributed by atoms with Crippen molar-refractivity contribution in [2.75, 3.05) is 11.1 Å². The van der Waals surface area contributed by atoms with E-state index in [0.29, 0.717) is 16.8 Å². The highest BCUT2D eigenvalue weighted by atomic mass is 32.2. The average molecular weight is 390 g/mol. The summed E-state index contributed by atoms with van der Waals surface area (Å²) in [4.78, 5) is 29.7. The molecule has 1 aromatic heterocycles. The van der Waals surface area contributed by atoms with E-state index in [-0.39, 0.29) is 10.8 Å². The maximum Gasteiger partial charge on any atom is 0.249 e. The number of aromatic nitrogens is 1. The number of carbonyl (C=O) groups is 2. The van der Waals surface area contributed by atoms with E-state index in [0.717, 1.165) is 17.7 Å². The van der Waals surface area contributed by atoms with Crippen molar-refractivity contribution >= 4 is 40.5 Å². The van der Waals surface area contributed by atoms with Crippen LogP contribution < -0.4 is 5.32 Å².